The monoisotopic (exact) mass is 502 g/mol. The van der Waals surface area contributed by atoms with Gasteiger partial charge in [0.05, 0.1) is 0 Å². The van der Waals surface area contributed by atoms with E-state index in [1.807, 2.05) is 83.1 Å². The SMILES string of the molecule is CC(C)(C)Oc1cc(O)cc(OC(C)(C)C)c1C(=O)c1c(OC(C)(C)C)cc(O)cc1OC(C)(C)C. The molecule has 0 aliphatic heterocycles. The quantitative estimate of drug-likeness (QED) is 0.409. The summed E-state index contributed by atoms with van der Waals surface area (Å²) in [6.45, 7) is 22.1. The van der Waals surface area contributed by atoms with Gasteiger partial charge in [0.15, 0.2) is 0 Å². The minimum absolute atomic E-state index is 0.104. The van der Waals surface area contributed by atoms with Gasteiger partial charge in [0.25, 0.3) is 0 Å². The highest BCUT2D eigenvalue weighted by molar-refractivity contribution is 6.16. The molecule has 0 radical (unpaired) electrons. The molecule has 0 amide bonds. The Balaban J connectivity index is 2.94. The molecule has 7 nitrogen and oxygen atoms in total. The average Bonchev–Trinajstić information content (AvgIpc) is 2.54. The van der Waals surface area contributed by atoms with E-state index in [-0.39, 0.29) is 45.6 Å². The summed E-state index contributed by atoms with van der Waals surface area (Å²) in [5, 5.41) is 20.9. The normalized spacial score (nSPS) is 12.8. The zero-order valence-corrected chi connectivity index (χ0v) is 23.7. The second-order valence-corrected chi connectivity index (χ2v) is 12.8. The number of phenols is 2. The van der Waals surface area contributed by atoms with Crippen LogP contribution in [0.15, 0.2) is 24.3 Å². The molecule has 0 spiro atoms. The number of benzene rings is 2. The van der Waals surface area contributed by atoms with E-state index < -0.39 is 28.2 Å². The van der Waals surface area contributed by atoms with Crippen molar-refractivity contribution in [2.45, 2.75) is 105 Å². The molecule has 0 unspecified atom stereocenters. The molecular weight excluding hydrogens is 460 g/mol. The molecule has 2 aromatic carbocycles. The van der Waals surface area contributed by atoms with Crippen LogP contribution in [0.3, 0.4) is 0 Å². The fraction of sp³-hybridized carbons (Fsp3) is 0.552. The number of ether oxygens (including phenoxy) is 4. The van der Waals surface area contributed by atoms with Crippen molar-refractivity contribution in [1.29, 1.82) is 0 Å². The lowest BCUT2D eigenvalue weighted by atomic mass is 9.97. The summed E-state index contributed by atoms with van der Waals surface area (Å²) in [7, 11) is 0. The van der Waals surface area contributed by atoms with Crippen LogP contribution in [0.1, 0.15) is 99.0 Å². The molecule has 7 heteroatoms. The van der Waals surface area contributed by atoms with Gasteiger partial charge in [0.1, 0.15) is 68.0 Å². The third-order valence-electron chi connectivity index (χ3n) is 4.22. The Morgan fingerprint density at radius 1 is 0.500 bits per heavy atom. The number of ketones is 1. The van der Waals surface area contributed by atoms with Crippen LogP contribution in [-0.2, 0) is 0 Å². The zero-order valence-electron chi connectivity index (χ0n) is 23.7. The number of hydrogen-bond donors (Lipinski definition) is 2. The van der Waals surface area contributed by atoms with Crippen LogP contribution in [0.4, 0.5) is 0 Å². The highest BCUT2D eigenvalue weighted by Gasteiger charge is 2.33. The van der Waals surface area contributed by atoms with Crippen molar-refractivity contribution < 1.29 is 34.0 Å². The summed E-state index contributed by atoms with van der Waals surface area (Å²) in [5.74, 6) is -0.0776. The third kappa shape index (κ3) is 8.54. The average molecular weight is 503 g/mol. The Bertz CT molecular complexity index is 943. The number of hydrogen-bond acceptors (Lipinski definition) is 7. The molecule has 200 valence electrons. The van der Waals surface area contributed by atoms with Crippen LogP contribution in [0.2, 0.25) is 0 Å². The Hall–Kier alpha value is -3.09. The Kier molecular flexibility index (Phi) is 7.90. The van der Waals surface area contributed by atoms with Crippen LogP contribution in [0.25, 0.3) is 0 Å². The van der Waals surface area contributed by atoms with Crippen molar-refractivity contribution in [3.05, 3.63) is 35.4 Å². The van der Waals surface area contributed by atoms with E-state index >= 15 is 0 Å². The van der Waals surface area contributed by atoms with E-state index in [2.05, 4.69) is 0 Å². The van der Waals surface area contributed by atoms with Crippen molar-refractivity contribution in [3.63, 3.8) is 0 Å². The van der Waals surface area contributed by atoms with Crippen LogP contribution in [-0.4, -0.2) is 38.4 Å². The van der Waals surface area contributed by atoms with E-state index in [4.69, 9.17) is 18.9 Å². The van der Waals surface area contributed by atoms with Gasteiger partial charge in [-0.05, 0) is 83.1 Å². The first-order valence-corrected chi connectivity index (χ1v) is 12.1. The van der Waals surface area contributed by atoms with E-state index in [0.29, 0.717) is 0 Å². The second-order valence-electron chi connectivity index (χ2n) is 12.8. The van der Waals surface area contributed by atoms with Crippen LogP contribution in [0, 0.1) is 0 Å². The lowest BCUT2D eigenvalue weighted by Gasteiger charge is -2.29. The summed E-state index contributed by atoms with van der Waals surface area (Å²) in [6, 6.07) is 5.57. The van der Waals surface area contributed by atoms with Gasteiger partial charge >= 0.3 is 0 Å². The van der Waals surface area contributed by atoms with Crippen molar-refractivity contribution in [2.75, 3.05) is 0 Å². The van der Waals surface area contributed by atoms with Gasteiger partial charge in [0, 0.05) is 24.3 Å². The summed E-state index contributed by atoms with van der Waals surface area (Å²) in [5.41, 5.74) is -2.47. The summed E-state index contributed by atoms with van der Waals surface area (Å²) in [6.07, 6.45) is 0. The molecule has 0 fully saturated rings. The Morgan fingerprint density at radius 2 is 0.694 bits per heavy atom. The summed E-state index contributed by atoms with van der Waals surface area (Å²) < 4.78 is 24.5. The van der Waals surface area contributed by atoms with Gasteiger partial charge in [0.2, 0.25) is 5.78 Å². The first kappa shape index (κ1) is 29.1. The summed E-state index contributed by atoms with van der Waals surface area (Å²) in [4.78, 5) is 14.4. The Morgan fingerprint density at radius 3 is 0.861 bits per heavy atom. The van der Waals surface area contributed by atoms with Crippen molar-refractivity contribution in [2.24, 2.45) is 0 Å². The minimum Gasteiger partial charge on any atom is -0.508 e. The highest BCUT2D eigenvalue weighted by Crippen LogP contribution is 2.44. The molecule has 0 heterocycles. The molecule has 2 aromatic rings. The zero-order chi connectivity index (χ0) is 27.9. The standard InChI is InChI=1S/C29H42O7/c1-26(2,3)33-19-13-17(30)14-20(34-27(4,5)6)23(19)25(32)24-21(35-28(7,8)9)15-18(31)16-22(24)36-29(10,11)12/h13-16,30-31H,1-12H3. The second kappa shape index (κ2) is 9.75. The molecule has 0 bridgehead atoms. The lowest BCUT2D eigenvalue weighted by Crippen LogP contribution is -2.28. The first-order chi connectivity index (χ1) is 16.0. The predicted molar refractivity (Wildman–Crippen MR) is 141 cm³/mol. The number of rotatable bonds is 6. The van der Waals surface area contributed by atoms with Crippen molar-refractivity contribution in [3.8, 4) is 34.5 Å². The van der Waals surface area contributed by atoms with E-state index in [1.54, 1.807) is 0 Å². The molecule has 2 N–H and O–H groups in total. The minimum atomic E-state index is -0.674. The van der Waals surface area contributed by atoms with Crippen molar-refractivity contribution in [1.82, 2.24) is 0 Å². The fourth-order valence-corrected chi connectivity index (χ4v) is 3.37. The highest BCUT2D eigenvalue weighted by atomic mass is 16.5. The third-order valence-corrected chi connectivity index (χ3v) is 4.22. The maximum absolute atomic E-state index is 14.4. The van der Waals surface area contributed by atoms with Crippen molar-refractivity contribution >= 4 is 5.78 Å². The molecule has 0 aromatic heterocycles. The molecule has 0 saturated carbocycles. The molecule has 0 atom stereocenters. The van der Waals surface area contributed by atoms with E-state index in [0.717, 1.165) is 0 Å². The van der Waals surface area contributed by atoms with Gasteiger partial charge in [-0.25, -0.2) is 0 Å². The van der Waals surface area contributed by atoms with Crippen LogP contribution < -0.4 is 18.9 Å². The molecule has 36 heavy (non-hydrogen) atoms. The first-order valence-electron chi connectivity index (χ1n) is 12.1. The lowest BCUT2D eigenvalue weighted by molar-refractivity contribution is 0.0933. The largest absolute Gasteiger partial charge is 0.508 e. The van der Waals surface area contributed by atoms with Gasteiger partial charge in [-0.15, -0.1) is 0 Å². The molecule has 0 aliphatic carbocycles. The Labute approximate surface area is 215 Å². The van der Waals surface area contributed by atoms with Gasteiger partial charge < -0.3 is 29.2 Å². The smallest absolute Gasteiger partial charge is 0.208 e. The van der Waals surface area contributed by atoms with E-state index in [1.165, 1.54) is 24.3 Å². The van der Waals surface area contributed by atoms with Gasteiger partial charge in [-0.1, -0.05) is 0 Å². The van der Waals surface area contributed by atoms with Gasteiger partial charge in [-0.3, -0.25) is 4.79 Å². The number of aromatic hydroxyl groups is 2. The molecule has 2 rings (SSSR count). The topological polar surface area (TPSA) is 94.5 Å². The fourth-order valence-electron chi connectivity index (χ4n) is 3.37. The predicted octanol–water partition coefficient (Wildman–Crippen LogP) is 7.04. The van der Waals surface area contributed by atoms with Crippen LogP contribution in [0.5, 0.6) is 34.5 Å². The molecule has 0 saturated heterocycles. The molecular formula is C29H42O7. The van der Waals surface area contributed by atoms with Gasteiger partial charge in [-0.2, -0.15) is 0 Å². The maximum Gasteiger partial charge on any atom is 0.208 e. The van der Waals surface area contributed by atoms with E-state index in [9.17, 15) is 15.0 Å². The van der Waals surface area contributed by atoms with Crippen LogP contribution >= 0.6 is 0 Å². The number of carbonyl (C=O) groups is 1. The maximum atomic E-state index is 14.4. The molecule has 0 aliphatic rings. The number of carbonyl (C=O) groups excluding carboxylic acids is 1. The number of phenolic OH excluding ortho intramolecular Hbond substituents is 2. The summed E-state index contributed by atoms with van der Waals surface area (Å²) >= 11 is 0.